The van der Waals surface area contributed by atoms with Gasteiger partial charge in [-0.15, -0.1) is 10.2 Å². The maximum absolute atomic E-state index is 12.5. The van der Waals surface area contributed by atoms with Crippen LogP contribution < -0.4 is 0 Å². The number of amides is 1. The SMILES string of the molecule is CC(C)n1cnnc1CN1CCC(c2ccccc2)CCC1=O. The van der Waals surface area contributed by atoms with Crippen molar-refractivity contribution in [2.24, 2.45) is 0 Å². The normalized spacial score (nSPS) is 19.2. The molecule has 0 spiro atoms. The molecule has 5 nitrogen and oxygen atoms in total. The van der Waals surface area contributed by atoms with Gasteiger partial charge in [-0.2, -0.15) is 0 Å². The highest BCUT2D eigenvalue weighted by Gasteiger charge is 2.24. The van der Waals surface area contributed by atoms with E-state index in [0.29, 0.717) is 24.9 Å². The van der Waals surface area contributed by atoms with Crippen molar-refractivity contribution in [3.63, 3.8) is 0 Å². The molecule has 0 aliphatic carbocycles. The van der Waals surface area contributed by atoms with Crippen LogP contribution in [0.2, 0.25) is 0 Å². The van der Waals surface area contributed by atoms with Crippen molar-refractivity contribution >= 4 is 5.91 Å². The van der Waals surface area contributed by atoms with Crippen LogP contribution in [0.15, 0.2) is 36.7 Å². The Hall–Kier alpha value is -2.17. The quantitative estimate of drug-likeness (QED) is 0.871. The van der Waals surface area contributed by atoms with Crippen LogP contribution in [-0.4, -0.2) is 32.1 Å². The van der Waals surface area contributed by atoms with E-state index in [9.17, 15) is 4.79 Å². The third-order valence-corrected chi connectivity index (χ3v) is 4.61. The van der Waals surface area contributed by atoms with Crippen molar-refractivity contribution in [3.8, 4) is 0 Å². The predicted octanol–water partition coefficient (Wildman–Crippen LogP) is 3.16. The summed E-state index contributed by atoms with van der Waals surface area (Å²) < 4.78 is 2.03. The second kappa shape index (κ2) is 6.94. The van der Waals surface area contributed by atoms with Crippen LogP contribution >= 0.6 is 0 Å². The van der Waals surface area contributed by atoms with Gasteiger partial charge in [0.15, 0.2) is 5.82 Å². The molecule has 1 unspecified atom stereocenters. The largest absolute Gasteiger partial charge is 0.335 e. The smallest absolute Gasteiger partial charge is 0.222 e. The molecule has 1 aliphatic rings. The first-order valence-corrected chi connectivity index (χ1v) is 8.36. The van der Waals surface area contributed by atoms with Crippen LogP contribution in [0.5, 0.6) is 0 Å². The van der Waals surface area contributed by atoms with E-state index in [1.54, 1.807) is 6.33 Å². The standard InChI is InChI=1S/C18H24N4O/c1-14(2)22-13-19-20-17(22)12-21-11-10-16(8-9-18(21)23)15-6-4-3-5-7-15/h3-7,13-14,16H,8-12H2,1-2H3. The van der Waals surface area contributed by atoms with Gasteiger partial charge in [-0.25, -0.2) is 0 Å². The summed E-state index contributed by atoms with van der Waals surface area (Å²) in [5.41, 5.74) is 1.34. The average molecular weight is 312 g/mol. The highest BCUT2D eigenvalue weighted by atomic mass is 16.2. The number of carbonyl (C=O) groups excluding carboxylic acids is 1. The molecule has 5 heteroatoms. The summed E-state index contributed by atoms with van der Waals surface area (Å²) in [6.07, 6.45) is 4.28. The Morgan fingerprint density at radius 3 is 2.74 bits per heavy atom. The van der Waals surface area contributed by atoms with Crippen molar-refractivity contribution in [3.05, 3.63) is 48.0 Å². The first kappa shape index (κ1) is 15.7. The molecule has 0 N–H and O–H groups in total. The molecule has 1 fully saturated rings. The van der Waals surface area contributed by atoms with Crippen LogP contribution in [0, 0.1) is 0 Å². The van der Waals surface area contributed by atoms with Crippen LogP contribution in [0.4, 0.5) is 0 Å². The molecule has 1 aromatic carbocycles. The van der Waals surface area contributed by atoms with E-state index in [-0.39, 0.29) is 5.91 Å². The molecule has 0 saturated carbocycles. The number of hydrogen-bond acceptors (Lipinski definition) is 3. The molecule has 3 rings (SSSR count). The Labute approximate surface area is 137 Å². The highest BCUT2D eigenvalue weighted by molar-refractivity contribution is 5.76. The van der Waals surface area contributed by atoms with E-state index in [1.165, 1.54) is 5.56 Å². The van der Waals surface area contributed by atoms with E-state index in [4.69, 9.17) is 0 Å². The molecule has 23 heavy (non-hydrogen) atoms. The number of rotatable bonds is 4. The Morgan fingerprint density at radius 1 is 1.22 bits per heavy atom. The summed E-state index contributed by atoms with van der Waals surface area (Å²) in [7, 11) is 0. The monoisotopic (exact) mass is 312 g/mol. The minimum atomic E-state index is 0.224. The summed E-state index contributed by atoms with van der Waals surface area (Å²) in [6.45, 7) is 5.53. The predicted molar refractivity (Wildman–Crippen MR) is 88.9 cm³/mol. The average Bonchev–Trinajstić information content (AvgIpc) is 2.95. The second-order valence-electron chi connectivity index (χ2n) is 6.50. The molecule has 1 atom stereocenters. The lowest BCUT2D eigenvalue weighted by Crippen LogP contribution is -2.31. The van der Waals surface area contributed by atoms with E-state index in [1.807, 2.05) is 15.5 Å². The van der Waals surface area contributed by atoms with Gasteiger partial charge in [-0.1, -0.05) is 30.3 Å². The number of carbonyl (C=O) groups is 1. The van der Waals surface area contributed by atoms with Crippen LogP contribution in [0.25, 0.3) is 0 Å². The third kappa shape index (κ3) is 3.60. The summed E-state index contributed by atoms with van der Waals surface area (Å²) in [6, 6.07) is 10.8. The van der Waals surface area contributed by atoms with Crippen molar-refractivity contribution in [1.82, 2.24) is 19.7 Å². The number of nitrogens with zero attached hydrogens (tertiary/aromatic N) is 4. The van der Waals surface area contributed by atoms with Gasteiger partial charge in [0, 0.05) is 19.0 Å². The van der Waals surface area contributed by atoms with E-state index >= 15 is 0 Å². The van der Waals surface area contributed by atoms with Crippen molar-refractivity contribution in [2.45, 2.75) is 51.6 Å². The summed E-state index contributed by atoms with van der Waals surface area (Å²) in [5.74, 6) is 1.56. The Morgan fingerprint density at radius 2 is 2.00 bits per heavy atom. The summed E-state index contributed by atoms with van der Waals surface area (Å²) >= 11 is 0. The fourth-order valence-electron chi connectivity index (χ4n) is 3.24. The third-order valence-electron chi connectivity index (χ3n) is 4.61. The number of aromatic nitrogens is 3. The lowest BCUT2D eigenvalue weighted by Gasteiger charge is -2.21. The van der Waals surface area contributed by atoms with Gasteiger partial charge in [0.1, 0.15) is 6.33 Å². The molecule has 1 aliphatic heterocycles. The molecule has 122 valence electrons. The van der Waals surface area contributed by atoms with Crippen LogP contribution in [-0.2, 0) is 11.3 Å². The van der Waals surface area contributed by atoms with E-state index < -0.39 is 0 Å². The van der Waals surface area contributed by atoms with Crippen LogP contribution in [0.1, 0.15) is 56.5 Å². The van der Waals surface area contributed by atoms with Gasteiger partial charge < -0.3 is 9.47 Å². The molecule has 2 aromatic rings. The lowest BCUT2D eigenvalue weighted by atomic mass is 9.92. The summed E-state index contributed by atoms with van der Waals surface area (Å²) in [4.78, 5) is 14.4. The first-order valence-electron chi connectivity index (χ1n) is 8.36. The zero-order valence-electron chi connectivity index (χ0n) is 13.9. The Kier molecular flexibility index (Phi) is 4.74. The van der Waals surface area contributed by atoms with Crippen molar-refractivity contribution in [2.75, 3.05) is 6.54 Å². The number of likely N-dealkylation sites (tertiary alicyclic amines) is 1. The van der Waals surface area contributed by atoms with Crippen LogP contribution in [0.3, 0.4) is 0 Å². The molecular weight excluding hydrogens is 288 g/mol. The molecule has 1 amide bonds. The van der Waals surface area contributed by atoms with Gasteiger partial charge in [-0.05, 0) is 38.2 Å². The van der Waals surface area contributed by atoms with Gasteiger partial charge in [-0.3, -0.25) is 4.79 Å². The van der Waals surface area contributed by atoms with Gasteiger partial charge in [0.05, 0.1) is 6.54 Å². The molecule has 1 saturated heterocycles. The van der Waals surface area contributed by atoms with Gasteiger partial charge >= 0.3 is 0 Å². The molecule has 0 bridgehead atoms. The fraction of sp³-hybridized carbons (Fsp3) is 0.500. The zero-order valence-corrected chi connectivity index (χ0v) is 13.9. The summed E-state index contributed by atoms with van der Waals surface area (Å²) in [5, 5.41) is 8.19. The fourth-order valence-corrected chi connectivity index (χ4v) is 3.24. The second-order valence-corrected chi connectivity index (χ2v) is 6.50. The number of hydrogen-bond donors (Lipinski definition) is 0. The maximum atomic E-state index is 12.5. The lowest BCUT2D eigenvalue weighted by molar-refractivity contribution is -0.131. The van der Waals surface area contributed by atoms with Gasteiger partial charge in [0.25, 0.3) is 0 Å². The van der Waals surface area contributed by atoms with Crippen molar-refractivity contribution in [1.29, 1.82) is 0 Å². The minimum absolute atomic E-state index is 0.224. The molecule has 2 heterocycles. The Bertz CT molecular complexity index is 650. The zero-order chi connectivity index (χ0) is 16.2. The van der Waals surface area contributed by atoms with E-state index in [0.717, 1.165) is 25.2 Å². The maximum Gasteiger partial charge on any atom is 0.222 e. The topological polar surface area (TPSA) is 51.0 Å². The minimum Gasteiger partial charge on any atom is -0.335 e. The first-order chi connectivity index (χ1) is 11.1. The highest BCUT2D eigenvalue weighted by Crippen LogP contribution is 2.28. The number of benzene rings is 1. The Balaban J connectivity index is 1.70. The molecule has 0 radical (unpaired) electrons. The van der Waals surface area contributed by atoms with E-state index in [2.05, 4.69) is 48.3 Å². The molecular formula is C18H24N4O. The van der Waals surface area contributed by atoms with Crippen molar-refractivity contribution < 1.29 is 4.79 Å². The molecule has 1 aromatic heterocycles. The van der Waals surface area contributed by atoms with Gasteiger partial charge in [0.2, 0.25) is 5.91 Å².